The van der Waals surface area contributed by atoms with Gasteiger partial charge in [-0.15, -0.1) is 0 Å². The van der Waals surface area contributed by atoms with Crippen LogP contribution in [0, 0.1) is 0 Å². The van der Waals surface area contributed by atoms with Crippen molar-refractivity contribution in [2.75, 3.05) is 6.61 Å². The van der Waals surface area contributed by atoms with Gasteiger partial charge in [-0.3, -0.25) is 4.79 Å². The van der Waals surface area contributed by atoms with Gasteiger partial charge < -0.3 is 10.1 Å². The number of carbonyl (C=O) groups is 1. The summed E-state index contributed by atoms with van der Waals surface area (Å²) < 4.78 is 5.43. The van der Waals surface area contributed by atoms with Gasteiger partial charge in [0.25, 0.3) is 0 Å². The van der Waals surface area contributed by atoms with E-state index in [0.29, 0.717) is 0 Å². The van der Waals surface area contributed by atoms with Crippen LogP contribution in [0.1, 0.15) is 42.9 Å². The lowest BCUT2D eigenvalue weighted by Gasteiger charge is -2.27. The Bertz CT molecular complexity index is 438. The zero-order valence-electron chi connectivity index (χ0n) is 10.5. The molecule has 0 bridgehead atoms. The molecule has 3 heteroatoms. The quantitative estimate of drug-likeness (QED) is 0.868. The highest BCUT2D eigenvalue weighted by atomic mass is 16.5. The van der Waals surface area contributed by atoms with Crippen LogP contribution in [-0.4, -0.2) is 18.6 Å². The maximum atomic E-state index is 12.1. The molecule has 1 aliphatic heterocycles. The maximum Gasteiger partial charge on any atom is 0.249 e. The van der Waals surface area contributed by atoms with Crippen molar-refractivity contribution >= 4 is 5.91 Å². The second-order valence-corrected chi connectivity index (χ2v) is 5.15. The number of hydrogen-bond acceptors (Lipinski definition) is 2. The van der Waals surface area contributed by atoms with E-state index in [9.17, 15) is 4.79 Å². The molecule has 1 N–H and O–H groups in total. The maximum absolute atomic E-state index is 12.1. The number of nitrogens with one attached hydrogen (secondary N) is 1. The van der Waals surface area contributed by atoms with E-state index in [2.05, 4.69) is 29.6 Å². The number of benzene rings is 1. The summed E-state index contributed by atoms with van der Waals surface area (Å²) in [5.41, 5.74) is 2.66. The number of fused-ring (bicyclic) bond motifs is 1. The molecule has 0 spiro atoms. The van der Waals surface area contributed by atoms with E-state index in [1.54, 1.807) is 0 Å². The minimum Gasteiger partial charge on any atom is -0.368 e. The molecule has 0 aromatic heterocycles. The SMILES string of the molecule is O=C(N[C@H]1CCCc2ccccc21)[C@H]1CCCO1. The Labute approximate surface area is 108 Å². The first-order chi connectivity index (χ1) is 8.84. The van der Waals surface area contributed by atoms with Crippen molar-refractivity contribution in [1.82, 2.24) is 5.32 Å². The Morgan fingerprint density at radius 2 is 2.11 bits per heavy atom. The van der Waals surface area contributed by atoms with Crippen LogP contribution in [0.4, 0.5) is 0 Å². The number of aryl methyl sites for hydroxylation is 1. The molecule has 2 atom stereocenters. The predicted molar refractivity (Wildman–Crippen MR) is 69.2 cm³/mol. The molecule has 0 radical (unpaired) electrons. The van der Waals surface area contributed by atoms with Gasteiger partial charge in [0.1, 0.15) is 6.10 Å². The molecule has 96 valence electrons. The van der Waals surface area contributed by atoms with E-state index in [1.807, 2.05) is 0 Å². The van der Waals surface area contributed by atoms with E-state index in [-0.39, 0.29) is 18.1 Å². The fourth-order valence-electron chi connectivity index (χ4n) is 2.95. The molecular formula is C15H19NO2. The van der Waals surface area contributed by atoms with Crippen LogP contribution in [-0.2, 0) is 16.0 Å². The molecule has 1 heterocycles. The molecule has 1 fully saturated rings. The van der Waals surface area contributed by atoms with Crippen LogP contribution in [0.25, 0.3) is 0 Å². The van der Waals surface area contributed by atoms with E-state index in [0.717, 1.165) is 38.7 Å². The molecule has 2 aliphatic rings. The molecule has 3 nitrogen and oxygen atoms in total. The fourth-order valence-corrected chi connectivity index (χ4v) is 2.95. The molecule has 18 heavy (non-hydrogen) atoms. The standard InChI is InChI=1S/C15H19NO2/c17-15(14-9-4-10-18-14)16-13-8-3-6-11-5-1-2-7-12(11)13/h1-2,5,7,13-14H,3-4,6,8-10H2,(H,16,17)/t13-,14+/m0/s1. The van der Waals surface area contributed by atoms with Crippen molar-refractivity contribution in [2.24, 2.45) is 0 Å². The smallest absolute Gasteiger partial charge is 0.249 e. The Morgan fingerprint density at radius 3 is 2.94 bits per heavy atom. The van der Waals surface area contributed by atoms with E-state index in [1.165, 1.54) is 11.1 Å². The van der Waals surface area contributed by atoms with Gasteiger partial charge >= 0.3 is 0 Å². The van der Waals surface area contributed by atoms with Crippen molar-refractivity contribution in [3.05, 3.63) is 35.4 Å². The molecule has 1 aliphatic carbocycles. The predicted octanol–water partition coefficient (Wildman–Crippen LogP) is 2.36. The summed E-state index contributed by atoms with van der Waals surface area (Å²) in [6.07, 6.45) is 4.95. The fraction of sp³-hybridized carbons (Fsp3) is 0.533. The Kier molecular flexibility index (Phi) is 3.33. The summed E-state index contributed by atoms with van der Waals surface area (Å²) in [6, 6.07) is 8.60. The number of amides is 1. The largest absolute Gasteiger partial charge is 0.368 e. The first kappa shape index (κ1) is 11.7. The average Bonchev–Trinajstić information content (AvgIpc) is 2.93. The van der Waals surface area contributed by atoms with Gasteiger partial charge in [-0.2, -0.15) is 0 Å². The van der Waals surface area contributed by atoms with Gasteiger partial charge in [-0.25, -0.2) is 0 Å². The van der Waals surface area contributed by atoms with Crippen LogP contribution in [0.3, 0.4) is 0 Å². The first-order valence-electron chi connectivity index (χ1n) is 6.84. The van der Waals surface area contributed by atoms with Gasteiger partial charge in [0, 0.05) is 6.61 Å². The van der Waals surface area contributed by atoms with Crippen molar-refractivity contribution in [3.8, 4) is 0 Å². The van der Waals surface area contributed by atoms with E-state index >= 15 is 0 Å². The Morgan fingerprint density at radius 1 is 1.22 bits per heavy atom. The third-order valence-corrected chi connectivity index (χ3v) is 3.91. The molecule has 3 rings (SSSR count). The van der Waals surface area contributed by atoms with Crippen LogP contribution >= 0.6 is 0 Å². The van der Waals surface area contributed by atoms with Crippen LogP contribution in [0.15, 0.2) is 24.3 Å². The second-order valence-electron chi connectivity index (χ2n) is 5.15. The van der Waals surface area contributed by atoms with Gasteiger partial charge in [0.05, 0.1) is 6.04 Å². The first-order valence-corrected chi connectivity index (χ1v) is 6.84. The third-order valence-electron chi connectivity index (χ3n) is 3.91. The normalized spacial score (nSPS) is 26.7. The van der Waals surface area contributed by atoms with Crippen LogP contribution < -0.4 is 5.32 Å². The monoisotopic (exact) mass is 245 g/mol. The summed E-state index contributed by atoms with van der Waals surface area (Å²) in [4.78, 5) is 12.1. The van der Waals surface area contributed by atoms with Gasteiger partial charge in [-0.1, -0.05) is 24.3 Å². The summed E-state index contributed by atoms with van der Waals surface area (Å²) in [5, 5.41) is 3.15. The number of rotatable bonds is 2. The third kappa shape index (κ3) is 2.27. The molecule has 0 unspecified atom stereocenters. The van der Waals surface area contributed by atoms with Crippen molar-refractivity contribution in [3.63, 3.8) is 0 Å². The summed E-state index contributed by atoms with van der Waals surface area (Å²) >= 11 is 0. The molecule has 0 saturated carbocycles. The van der Waals surface area contributed by atoms with Crippen molar-refractivity contribution in [2.45, 2.75) is 44.2 Å². The van der Waals surface area contributed by atoms with Gasteiger partial charge in [-0.05, 0) is 43.2 Å². The lowest BCUT2D eigenvalue weighted by molar-refractivity contribution is -0.130. The highest BCUT2D eigenvalue weighted by Gasteiger charge is 2.27. The zero-order valence-corrected chi connectivity index (χ0v) is 10.5. The van der Waals surface area contributed by atoms with Gasteiger partial charge in [0.2, 0.25) is 5.91 Å². The van der Waals surface area contributed by atoms with Crippen LogP contribution in [0.5, 0.6) is 0 Å². The average molecular weight is 245 g/mol. The topological polar surface area (TPSA) is 38.3 Å². The van der Waals surface area contributed by atoms with Gasteiger partial charge in [0.15, 0.2) is 0 Å². The Hall–Kier alpha value is -1.35. The molecule has 1 aromatic rings. The summed E-state index contributed by atoms with van der Waals surface area (Å²) in [5.74, 6) is 0.0641. The van der Waals surface area contributed by atoms with E-state index < -0.39 is 0 Å². The van der Waals surface area contributed by atoms with E-state index in [4.69, 9.17) is 4.74 Å². The number of hydrogen-bond donors (Lipinski definition) is 1. The molecule has 1 saturated heterocycles. The zero-order chi connectivity index (χ0) is 12.4. The molecule has 1 aromatic carbocycles. The summed E-state index contributed by atoms with van der Waals surface area (Å²) in [7, 11) is 0. The molecule has 1 amide bonds. The summed E-state index contributed by atoms with van der Waals surface area (Å²) in [6.45, 7) is 0.722. The highest BCUT2D eigenvalue weighted by Crippen LogP contribution is 2.29. The number of ether oxygens (including phenoxy) is 1. The lowest BCUT2D eigenvalue weighted by atomic mass is 9.87. The van der Waals surface area contributed by atoms with Crippen molar-refractivity contribution in [1.29, 1.82) is 0 Å². The molecular weight excluding hydrogens is 226 g/mol. The highest BCUT2D eigenvalue weighted by molar-refractivity contribution is 5.81. The van der Waals surface area contributed by atoms with Crippen molar-refractivity contribution < 1.29 is 9.53 Å². The minimum atomic E-state index is -0.223. The Balaban J connectivity index is 1.72. The minimum absolute atomic E-state index is 0.0641. The second kappa shape index (κ2) is 5.11. The lowest BCUT2D eigenvalue weighted by Crippen LogP contribution is -2.38. The number of carbonyl (C=O) groups excluding carboxylic acids is 1. The van der Waals surface area contributed by atoms with Crippen LogP contribution in [0.2, 0.25) is 0 Å².